The zero-order chi connectivity index (χ0) is 12.2. The Labute approximate surface area is 104 Å². The maximum atomic E-state index is 10.9. The van der Waals surface area contributed by atoms with Crippen LogP contribution >= 0.6 is 11.6 Å². The van der Waals surface area contributed by atoms with Gasteiger partial charge in [-0.2, -0.15) is 0 Å². The molecule has 0 bridgehead atoms. The second kappa shape index (κ2) is 11.0. The van der Waals surface area contributed by atoms with E-state index in [0.29, 0.717) is 6.61 Å². The van der Waals surface area contributed by atoms with Crippen molar-refractivity contribution in [3.8, 4) is 0 Å². The third-order valence-corrected chi connectivity index (χ3v) is 2.61. The van der Waals surface area contributed by atoms with Crippen molar-refractivity contribution >= 4 is 17.6 Å². The number of ether oxygens (including phenoxy) is 1. The number of unbranched alkanes of at least 4 members (excludes halogenated alkanes) is 7. The molecule has 0 aromatic rings. The van der Waals surface area contributed by atoms with Gasteiger partial charge in [-0.25, -0.2) is 4.79 Å². The van der Waals surface area contributed by atoms with Crippen molar-refractivity contribution in [1.82, 2.24) is 0 Å². The first-order valence-electron chi connectivity index (χ1n) is 6.20. The molecule has 0 aromatic heterocycles. The van der Waals surface area contributed by atoms with Crippen LogP contribution in [0.5, 0.6) is 0 Å². The first-order chi connectivity index (χ1) is 7.68. The van der Waals surface area contributed by atoms with E-state index in [0.717, 1.165) is 12.8 Å². The average molecular weight is 247 g/mol. The van der Waals surface area contributed by atoms with Crippen molar-refractivity contribution in [3.63, 3.8) is 0 Å². The highest BCUT2D eigenvalue weighted by Crippen LogP contribution is 2.08. The highest BCUT2D eigenvalue weighted by Gasteiger charge is 2.03. The van der Waals surface area contributed by atoms with E-state index in [1.54, 1.807) is 0 Å². The van der Waals surface area contributed by atoms with Gasteiger partial charge in [-0.15, -0.1) is 0 Å². The first-order valence-corrected chi connectivity index (χ1v) is 6.57. The molecule has 2 nitrogen and oxygen atoms in total. The van der Waals surface area contributed by atoms with Gasteiger partial charge in [-0.3, -0.25) is 0 Å². The van der Waals surface area contributed by atoms with E-state index in [2.05, 4.69) is 13.5 Å². The first kappa shape index (κ1) is 15.5. The zero-order valence-electron chi connectivity index (χ0n) is 10.3. The minimum atomic E-state index is -0.496. The maximum Gasteiger partial charge on any atom is 0.349 e. The van der Waals surface area contributed by atoms with Gasteiger partial charge in [0.05, 0.1) is 6.61 Å². The molecule has 0 unspecified atom stereocenters. The van der Waals surface area contributed by atoms with Gasteiger partial charge in [0, 0.05) is 0 Å². The van der Waals surface area contributed by atoms with Crippen molar-refractivity contribution in [1.29, 1.82) is 0 Å². The van der Waals surface area contributed by atoms with Crippen LogP contribution in [0, 0.1) is 0 Å². The van der Waals surface area contributed by atoms with Crippen LogP contribution in [0.1, 0.15) is 58.3 Å². The largest absolute Gasteiger partial charge is 0.461 e. The maximum absolute atomic E-state index is 10.9. The standard InChI is InChI=1S/C13H23ClO2/c1-3-4-5-6-7-8-9-10-11-16-13(15)12(2)14/h2-11H2,1H3. The van der Waals surface area contributed by atoms with Gasteiger partial charge >= 0.3 is 5.97 Å². The Bertz CT molecular complexity index is 202. The molecule has 0 aliphatic rings. The number of carbonyl (C=O) groups is 1. The Morgan fingerprint density at radius 2 is 1.56 bits per heavy atom. The van der Waals surface area contributed by atoms with Gasteiger partial charge in [0.25, 0.3) is 0 Å². The molecule has 0 saturated heterocycles. The van der Waals surface area contributed by atoms with E-state index in [1.165, 1.54) is 38.5 Å². The van der Waals surface area contributed by atoms with Gasteiger partial charge < -0.3 is 4.74 Å². The van der Waals surface area contributed by atoms with E-state index in [9.17, 15) is 4.79 Å². The number of hydrogen-bond acceptors (Lipinski definition) is 2. The molecule has 94 valence electrons. The van der Waals surface area contributed by atoms with E-state index >= 15 is 0 Å². The summed E-state index contributed by atoms with van der Waals surface area (Å²) in [4.78, 5) is 10.9. The van der Waals surface area contributed by atoms with Crippen molar-refractivity contribution in [2.45, 2.75) is 58.3 Å². The summed E-state index contributed by atoms with van der Waals surface area (Å²) in [5, 5.41) is -0.0421. The molecule has 0 radical (unpaired) electrons. The minimum absolute atomic E-state index is 0.0421. The van der Waals surface area contributed by atoms with Gasteiger partial charge in [0.1, 0.15) is 5.03 Å². The molecule has 16 heavy (non-hydrogen) atoms. The third kappa shape index (κ3) is 10.0. The molecule has 0 atom stereocenters. The SMILES string of the molecule is C=C(Cl)C(=O)OCCCCCCCCCC. The summed E-state index contributed by atoms with van der Waals surface area (Å²) < 4.78 is 4.88. The summed E-state index contributed by atoms with van der Waals surface area (Å²) in [5.74, 6) is -0.496. The summed E-state index contributed by atoms with van der Waals surface area (Å²) >= 11 is 5.37. The molecule has 0 aromatic carbocycles. The number of carbonyl (C=O) groups excluding carboxylic acids is 1. The molecular weight excluding hydrogens is 224 g/mol. The molecule has 0 aliphatic carbocycles. The Morgan fingerprint density at radius 1 is 1.06 bits per heavy atom. The fourth-order valence-corrected chi connectivity index (χ4v) is 1.53. The molecule has 0 heterocycles. The lowest BCUT2D eigenvalue weighted by Crippen LogP contribution is -2.04. The third-order valence-electron chi connectivity index (χ3n) is 2.45. The smallest absolute Gasteiger partial charge is 0.349 e. The summed E-state index contributed by atoms with van der Waals surface area (Å²) in [6.07, 6.45) is 9.86. The molecule has 0 fully saturated rings. The van der Waals surface area contributed by atoms with E-state index in [-0.39, 0.29) is 5.03 Å². The predicted molar refractivity (Wildman–Crippen MR) is 68.6 cm³/mol. The molecule has 0 amide bonds. The fraction of sp³-hybridized carbons (Fsp3) is 0.769. The second-order valence-electron chi connectivity index (χ2n) is 4.02. The lowest BCUT2D eigenvalue weighted by Gasteiger charge is -2.03. The van der Waals surface area contributed by atoms with Crippen LogP contribution in [0.15, 0.2) is 11.6 Å². The van der Waals surface area contributed by atoms with Crippen LogP contribution in [0.4, 0.5) is 0 Å². The lowest BCUT2D eigenvalue weighted by atomic mass is 10.1. The van der Waals surface area contributed by atoms with Crippen molar-refractivity contribution < 1.29 is 9.53 Å². The molecular formula is C13H23ClO2. The van der Waals surface area contributed by atoms with Crippen molar-refractivity contribution in [2.24, 2.45) is 0 Å². The summed E-state index contributed by atoms with van der Waals surface area (Å²) in [7, 11) is 0. The molecule has 0 N–H and O–H groups in total. The Morgan fingerprint density at radius 3 is 2.06 bits per heavy atom. The number of esters is 1. The molecule has 0 aliphatic heterocycles. The highest BCUT2D eigenvalue weighted by molar-refractivity contribution is 6.40. The normalized spacial score (nSPS) is 10.1. The van der Waals surface area contributed by atoms with E-state index < -0.39 is 5.97 Å². The van der Waals surface area contributed by atoms with Crippen LogP contribution in [0.25, 0.3) is 0 Å². The Balaban J connectivity index is 3.10. The summed E-state index contributed by atoms with van der Waals surface area (Å²) in [6.45, 7) is 5.98. The monoisotopic (exact) mass is 246 g/mol. The highest BCUT2D eigenvalue weighted by atomic mass is 35.5. The van der Waals surface area contributed by atoms with Gasteiger partial charge in [0.2, 0.25) is 0 Å². The van der Waals surface area contributed by atoms with Gasteiger partial charge in [-0.1, -0.05) is 70.0 Å². The van der Waals surface area contributed by atoms with Crippen LogP contribution in [-0.4, -0.2) is 12.6 Å². The zero-order valence-corrected chi connectivity index (χ0v) is 11.0. The quantitative estimate of drug-likeness (QED) is 0.324. The number of halogens is 1. The van der Waals surface area contributed by atoms with Crippen molar-refractivity contribution in [2.75, 3.05) is 6.61 Å². The Kier molecular flexibility index (Phi) is 10.7. The molecule has 0 saturated carbocycles. The Hall–Kier alpha value is -0.500. The molecule has 0 spiro atoms. The van der Waals surface area contributed by atoms with E-state index in [1.807, 2.05) is 0 Å². The lowest BCUT2D eigenvalue weighted by molar-refractivity contribution is -0.138. The predicted octanol–water partition coefficient (Wildman–Crippen LogP) is 4.42. The fourth-order valence-electron chi connectivity index (χ4n) is 1.48. The van der Waals surface area contributed by atoms with E-state index in [4.69, 9.17) is 16.3 Å². The van der Waals surface area contributed by atoms with Gasteiger partial charge in [-0.05, 0) is 6.42 Å². The number of hydrogen-bond donors (Lipinski definition) is 0. The second-order valence-corrected chi connectivity index (χ2v) is 4.47. The van der Waals surface area contributed by atoms with Gasteiger partial charge in [0.15, 0.2) is 0 Å². The molecule has 3 heteroatoms. The average Bonchev–Trinajstić information content (AvgIpc) is 2.26. The van der Waals surface area contributed by atoms with Crippen LogP contribution in [0.3, 0.4) is 0 Å². The van der Waals surface area contributed by atoms with Crippen molar-refractivity contribution in [3.05, 3.63) is 11.6 Å². The minimum Gasteiger partial charge on any atom is -0.461 e. The number of rotatable bonds is 10. The molecule has 0 rings (SSSR count). The summed E-state index contributed by atoms with van der Waals surface area (Å²) in [5.41, 5.74) is 0. The van der Waals surface area contributed by atoms with Crippen LogP contribution < -0.4 is 0 Å². The van der Waals surface area contributed by atoms with Crippen LogP contribution in [-0.2, 0) is 9.53 Å². The topological polar surface area (TPSA) is 26.3 Å². The van der Waals surface area contributed by atoms with Crippen LogP contribution in [0.2, 0.25) is 0 Å². The summed E-state index contributed by atoms with van der Waals surface area (Å²) in [6, 6.07) is 0.